The second kappa shape index (κ2) is 4.40. The maximum absolute atomic E-state index is 10.8. The van der Waals surface area contributed by atoms with Gasteiger partial charge < -0.3 is 19.7 Å². The number of aliphatic hydroxyl groups is 1. The molecule has 0 spiro atoms. The van der Waals surface area contributed by atoms with Crippen molar-refractivity contribution in [1.82, 2.24) is 0 Å². The van der Waals surface area contributed by atoms with E-state index in [2.05, 4.69) is 0 Å². The van der Waals surface area contributed by atoms with Crippen LogP contribution in [0.15, 0.2) is 18.2 Å². The third-order valence-corrected chi connectivity index (χ3v) is 2.40. The van der Waals surface area contributed by atoms with Crippen LogP contribution in [-0.4, -0.2) is 36.0 Å². The average molecular weight is 224 g/mol. The summed E-state index contributed by atoms with van der Waals surface area (Å²) in [5.41, 5.74) is 0.157. The Morgan fingerprint density at radius 2 is 2.00 bits per heavy atom. The van der Waals surface area contributed by atoms with Crippen LogP contribution in [0.1, 0.15) is 10.4 Å². The number of hydrogen-bond acceptors (Lipinski definition) is 4. The number of benzene rings is 1. The van der Waals surface area contributed by atoms with E-state index in [1.54, 1.807) is 6.07 Å². The van der Waals surface area contributed by atoms with Gasteiger partial charge in [-0.3, -0.25) is 0 Å². The van der Waals surface area contributed by atoms with Gasteiger partial charge in [0.2, 0.25) is 0 Å². The predicted molar refractivity (Wildman–Crippen MR) is 55.0 cm³/mol. The largest absolute Gasteiger partial charge is 0.489 e. The molecule has 1 heterocycles. The van der Waals surface area contributed by atoms with Gasteiger partial charge in [0, 0.05) is 0 Å². The lowest BCUT2D eigenvalue weighted by Gasteiger charge is -2.08. The summed E-state index contributed by atoms with van der Waals surface area (Å²) in [6.45, 7) is 0.683. The molecule has 2 N–H and O–H groups in total. The molecule has 5 heteroatoms. The van der Waals surface area contributed by atoms with Gasteiger partial charge in [0.15, 0.2) is 11.5 Å². The van der Waals surface area contributed by atoms with Crippen molar-refractivity contribution in [3.8, 4) is 11.5 Å². The van der Waals surface area contributed by atoms with Crippen molar-refractivity contribution in [3.05, 3.63) is 23.8 Å². The SMILES string of the molecule is O=C(O)c1ccc2c(c1)OCC(CO)CO2. The molecule has 1 aromatic rings. The molecule has 1 atom stereocenters. The van der Waals surface area contributed by atoms with E-state index in [1.165, 1.54) is 12.1 Å². The molecule has 5 nitrogen and oxygen atoms in total. The number of fused-ring (bicyclic) bond motifs is 1. The Bertz CT molecular complexity index is 401. The molecule has 1 aliphatic heterocycles. The van der Waals surface area contributed by atoms with Crippen LogP contribution in [-0.2, 0) is 0 Å². The van der Waals surface area contributed by atoms with Crippen LogP contribution in [0.4, 0.5) is 0 Å². The van der Waals surface area contributed by atoms with Gasteiger partial charge in [0.1, 0.15) is 0 Å². The number of aliphatic hydroxyl groups excluding tert-OH is 1. The Kier molecular flexibility index (Phi) is 2.96. The van der Waals surface area contributed by atoms with Gasteiger partial charge in [-0.05, 0) is 18.2 Å². The summed E-state index contributed by atoms with van der Waals surface area (Å²) in [7, 11) is 0. The highest BCUT2D eigenvalue weighted by Crippen LogP contribution is 2.31. The van der Waals surface area contributed by atoms with Crippen molar-refractivity contribution in [2.75, 3.05) is 19.8 Å². The van der Waals surface area contributed by atoms with Gasteiger partial charge in [-0.25, -0.2) is 4.79 Å². The van der Waals surface area contributed by atoms with Gasteiger partial charge >= 0.3 is 5.97 Å². The Hall–Kier alpha value is -1.75. The fourth-order valence-electron chi connectivity index (χ4n) is 1.44. The highest BCUT2D eigenvalue weighted by atomic mass is 16.5. The molecule has 0 aliphatic carbocycles. The second-order valence-electron chi connectivity index (χ2n) is 3.64. The van der Waals surface area contributed by atoms with Crippen molar-refractivity contribution >= 4 is 5.97 Å². The summed E-state index contributed by atoms with van der Waals surface area (Å²) in [4.78, 5) is 10.8. The third-order valence-electron chi connectivity index (χ3n) is 2.40. The molecular formula is C11H12O5. The topological polar surface area (TPSA) is 76.0 Å². The van der Waals surface area contributed by atoms with E-state index >= 15 is 0 Å². The molecule has 0 aromatic heterocycles. The lowest BCUT2D eigenvalue weighted by Crippen LogP contribution is -2.20. The fourth-order valence-corrected chi connectivity index (χ4v) is 1.44. The molecule has 0 fully saturated rings. The maximum atomic E-state index is 10.8. The molecule has 86 valence electrons. The van der Waals surface area contributed by atoms with E-state index in [1.807, 2.05) is 0 Å². The molecule has 2 rings (SSSR count). The summed E-state index contributed by atoms with van der Waals surface area (Å²) >= 11 is 0. The van der Waals surface area contributed by atoms with E-state index in [4.69, 9.17) is 19.7 Å². The molecule has 0 bridgehead atoms. The molecule has 0 radical (unpaired) electrons. The van der Waals surface area contributed by atoms with Crippen LogP contribution in [0.25, 0.3) is 0 Å². The standard InChI is InChI=1S/C11H12O5/c12-4-7-5-15-9-2-1-8(11(13)14)3-10(9)16-6-7/h1-3,7,12H,4-6H2,(H,13,14). The Morgan fingerprint density at radius 3 is 2.62 bits per heavy atom. The van der Waals surface area contributed by atoms with Crippen LogP contribution >= 0.6 is 0 Å². The van der Waals surface area contributed by atoms with Gasteiger partial charge in [0.05, 0.1) is 31.3 Å². The zero-order chi connectivity index (χ0) is 11.5. The first-order valence-electron chi connectivity index (χ1n) is 4.94. The summed E-state index contributed by atoms with van der Waals surface area (Å²) in [6, 6.07) is 4.46. The number of carbonyl (C=O) groups is 1. The van der Waals surface area contributed by atoms with Gasteiger partial charge in [-0.2, -0.15) is 0 Å². The van der Waals surface area contributed by atoms with Crippen LogP contribution in [0.3, 0.4) is 0 Å². The lowest BCUT2D eigenvalue weighted by atomic mass is 10.2. The number of rotatable bonds is 2. The molecule has 0 saturated carbocycles. The van der Waals surface area contributed by atoms with Crippen molar-refractivity contribution in [2.45, 2.75) is 0 Å². The second-order valence-corrected chi connectivity index (χ2v) is 3.64. The van der Waals surface area contributed by atoms with Gasteiger partial charge in [-0.1, -0.05) is 0 Å². The minimum atomic E-state index is -1.01. The molecule has 16 heavy (non-hydrogen) atoms. The Balaban J connectivity index is 2.25. The molecule has 0 saturated heterocycles. The lowest BCUT2D eigenvalue weighted by molar-refractivity contribution is 0.0696. The number of carboxylic acids is 1. The van der Waals surface area contributed by atoms with Gasteiger partial charge in [0.25, 0.3) is 0 Å². The summed E-state index contributed by atoms with van der Waals surface area (Å²) in [5, 5.41) is 17.8. The number of ether oxygens (including phenoxy) is 2. The average Bonchev–Trinajstić information content (AvgIpc) is 2.50. The summed E-state index contributed by atoms with van der Waals surface area (Å²) < 4.78 is 10.8. The first kappa shape index (κ1) is 10.8. The van der Waals surface area contributed by atoms with E-state index in [0.717, 1.165) is 0 Å². The first-order valence-corrected chi connectivity index (χ1v) is 4.94. The molecule has 1 aliphatic rings. The predicted octanol–water partition coefficient (Wildman–Crippen LogP) is 0.764. The first-order chi connectivity index (χ1) is 7.70. The molecule has 1 aromatic carbocycles. The fraction of sp³-hybridized carbons (Fsp3) is 0.364. The minimum absolute atomic E-state index is 0.0141. The Labute approximate surface area is 92.2 Å². The van der Waals surface area contributed by atoms with Crippen molar-refractivity contribution in [2.24, 2.45) is 5.92 Å². The quantitative estimate of drug-likeness (QED) is 0.775. The zero-order valence-electron chi connectivity index (χ0n) is 8.55. The smallest absolute Gasteiger partial charge is 0.335 e. The van der Waals surface area contributed by atoms with Crippen molar-refractivity contribution in [3.63, 3.8) is 0 Å². The van der Waals surface area contributed by atoms with E-state index in [0.29, 0.717) is 24.7 Å². The van der Waals surface area contributed by atoms with Crippen molar-refractivity contribution in [1.29, 1.82) is 0 Å². The molecular weight excluding hydrogens is 212 g/mol. The number of hydrogen-bond donors (Lipinski definition) is 2. The normalized spacial score (nSPS) is 18.9. The van der Waals surface area contributed by atoms with Crippen LogP contribution < -0.4 is 9.47 Å². The summed E-state index contributed by atoms with van der Waals surface area (Å²) in [5.74, 6) is -0.160. The molecule has 1 unspecified atom stereocenters. The highest BCUT2D eigenvalue weighted by Gasteiger charge is 2.18. The minimum Gasteiger partial charge on any atom is -0.489 e. The number of aromatic carboxylic acids is 1. The van der Waals surface area contributed by atoms with E-state index in [9.17, 15) is 4.79 Å². The zero-order valence-corrected chi connectivity index (χ0v) is 8.55. The monoisotopic (exact) mass is 224 g/mol. The summed E-state index contributed by atoms with van der Waals surface area (Å²) in [6.07, 6.45) is 0. The van der Waals surface area contributed by atoms with Crippen molar-refractivity contribution < 1.29 is 24.5 Å². The van der Waals surface area contributed by atoms with E-state index in [-0.39, 0.29) is 18.1 Å². The third kappa shape index (κ3) is 2.09. The Morgan fingerprint density at radius 1 is 1.31 bits per heavy atom. The highest BCUT2D eigenvalue weighted by molar-refractivity contribution is 5.88. The molecule has 0 amide bonds. The number of carboxylic acid groups (broad SMARTS) is 1. The maximum Gasteiger partial charge on any atom is 0.335 e. The van der Waals surface area contributed by atoms with Crippen LogP contribution in [0.2, 0.25) is 0 Å². The van der Waals surface area contributed by atoms with Crippen LogP contribution in [0, 0.1) is 5.92 Å². The van der Waals surface area contributed by atoms with E-state index < -0.39 is 5.97 Å². The van der Waals surface area contributed by atoms with Crippen LogP contribution in [0.5, 0.6) is 11.5 Å². The van der Waals surface area contributed by atoms with Gasteiger partial charge in [-0.15, -0.1) is 0 Å².